The Morgan fingerprint density at radius 3 is 2.81 bits per heavy atom. The van der Waals surface area contributed by atoms with E-state index in [0.29, 0.717) is 12.1 Å². The largest absolute Gasteiger partial charge is 0.396 e. The van der Waals surface area contributed by atoms with Crippen molar-refractivity contribution in [3.05, 3.63) is 35.4 Å². The van der Waals surface area contributed by atoms with Gasteiger partial charge in [-0.2, -0.15) is 0 Å². The second-order valence-corrected chi connectivity index (χ2v) is 3.91. The van der Waals surface area contributed by atoms with Crippen LogP contribution in [0.1, 0.15) is 35.2 Å². The van der Waals surface area contributed by atoms with Gasteiger partial charge in [-0.05, 0) is 38.3 Å². The number of carbonyl (C=O) groups excluding carboxylic acids is 1. The minimum atomic E-state index is -0.0206. The highest BCUT2D eigenvalue weighted by Gasteiger charge is 2.03. The molecule has 0 aliphatic rings. The van der Waals surface area contributed by atoms with Gasteiger partial charge in [0.2, 0.25) is 0 Å². The topological polar surface area (TPSA) is 49.3 Å². The molecule has 0 fully saturated rings. The van der Waals surface area contributed by atoms with E-state index in [1.807, 2.05) is 31.2 Å². The van der Waals surface area contributed by atoms with Crippen molar-refractivity contribution < 1.29 is 9.90 Å². The second kappa shape index (κ2) is 7.01. The average Bonchev–Trinajstić information content (AvgIpc) is 2.28. The third kappa shape index (κ3) is 4.45. The lowest BCUT2D eigenvalue weighted by atomic mass is 10.1. The van der Waals surface area contributed by atoms with Crippen LogP contribution in [0.4, 0.5) is 0 Å². The average molecular weight is 221 g/mol. The quantitative estimate of drug-likeness (QED) is 0.721. The number of hydrogen-bond acceptors (Lipinski definition) is 2. The van der Waals surface area contributed by atoms with E-state index < -0.39 is 0 Å². The molecule has 88 valence electrons. The number of aliphatic hydroxyl groups is 1. The first-order valence-electron chi connectivity index (χ1n) is 5.70. The lowest BCUT2D eigenvalue weighted by Crippen LogP contribution is -2.24. The van der Waals surface area contributed by atoms with Crippen LogP contribution in [-0.2, 0) is 0 Å². The lowest BCUT2D eigenvalue weighted by Gasteiger charge is -2.05. The molecule has 0 unspecified atom stereocenters. The van der Waals surface area contributed by atoms with Crippen molar-refractivity contribution in [3.8, 4) is 0 Å². The predicted molar refractivity (Wildman–Crippen MR) is 64.4 cm³/mol. The van der Waals surface area contributed by atoms with Crippen molar-refractivity contribution in [1.82, 2.24) is 5.32 Å². The molecule has 1 rings (SSSR count). The van der Waals surface area contributed by atoms with Gasteiger partial charge < -0.3 is 10.4 Å². The van der Waals surface area contributed by atoms with Gasteiger partial charge in [0, 0.05) is 18.7 Å². The van der Waals surface area contributed by atoms with Crippen LogP contribution >= 0.6 is 0 Å². The van der Waals surface area contributed by atoms with Gasteiger partial charge >= 0.3 is 0 Å². The van der Waals surface area contributed by atoms with Crippen LogP contribution in [0.5, 0.6) is 0 Å². The first-order chi connectivity index (χ1) is 7.74. The number of nitrogens with one attached hydrogen (secondary N) is 1. The third-order valence-corrected chi connectivity index (χ3v) is 2.40. The number of carbonyl (C=O) groups is 1. The van der Waals surface area contributed by atoms with Crippen molar-refractivity contribution in [3.63, 3.8) is 0 Å². The van der Waals surface area contributed by atoms with E-state index in [1.54, 1.807) is 0 Å². The van der Waals surface area contributed by atoms with E-state index in [-0.39, 0.29) is 12.5 Å². The Morgan fingerprint density at radius 1 is 1.31 bits per heavy atom. The molecule has 0 aromatic heterocycles. The van der Waals surface area contributed by atoms with Gasteiger partial charge in [-0.15, -0.1) is 0 Å². The number of benzene rings is 1. The Balaban J connectivity index is 2.30. The Hall–Kier alpha value is -1.35. The zero-order valence-corrected chi connectivity index (χ0v) is 9.70. The maximum absolute atomic E-state index is 11.7. The zero-order valence-electron chi connectivity index (χ0n) is 9.70. The fraction of sp³-hybridized carbons (Fsp3) is 0.462. The highest BCUT2D eigenvalue weighted by atomic mass is 16.2. The molecule has 16 heavy (non-hydrogen) atoms. The highest BCUT2D eigenvalue weighted by Crippen LogP contribution is 2.03. The summed E-state index contributed by atoms with van der Waals surface area (Å²) in [5.74, 6) is -0.0206. The number of hydrogen-bond donors (Lipinski definition) is 2. The van der Waals surface area contributed by atoms with Crippen LogP contribution in [-0.4, -0.2) is 24.2 Å². The monoisotopic (exact) mass is 221 g/mol. The van der Waals surface area contributed by atoms with Crippen molar-refractivity contribution in [2.75, 3.05) is 13.2 Å². The molecule has 0 saturated heterocycles. The molecule has 0 spiro atoms. The highest BCUT2D eigenvalue weighted by molar-refractivity contribution is 5.94. The fourth-order valence-corrected chi connectivity index (χ4v) is 1.50. The summed E-state index contributed by atoms with van der Waals surface area (Å²) in [5.41, 5.74) is 1.80. The van der Waals surface area contributed by atoms with E-state index in [2.05, 4.69) is 5.32 Å². The maximum atomic E-state index is 11.7. The fourth-order valence-electron chi connectivity index (χ4n) is 1.50. The molecular formula is C13H19NO2. The van der Waals surface area contributed by atoms with Gasteiger partial charge in [0.1, 0.15) is 0 Å². The molecule has 0 aliphatic heterocycles. The first-order valence-corrected chi connectivity index (χ1v) is 5.70. The van der Waals surface area contributed by atoms with Crippen molar-refractivity contribution in [2.24, 2.45) is 0 Å². The second-order valence-electron chi connectivity index (χ2n) is 3.91. The molecule has 3 nitrogen and oxygen atoms in total. The molecule has 0 bridgehead atoms. The SMILES string of the molecule is Cc1cccc(C(=O)NCCCCCO)c1. The predicted octanol–water partition coefficient (Wildman–Crippen LogP) is 1.89. The maximum Gasteiger partial charge on any atom is 0.251 e. The molecule has 2 N–H and O–H groups in total. The first kappa shape index (κ1) is 12.7. The van der Waals surface area contributed by atoms with Crippen LogP contribution in [0.2, 0.25) is 0 Å². The van der Waals surface area contributed by atoms with E-state index in [0.717, 1.165) is 24.8 Å². The number of aliphatic hydroxyl groups excluding tert-OH is 1. The van der Waals surface area contributed by atoms with Gasteiger partial charge in [-0.1, -0.05) is 17.7 Å². The number of unbranched alkanes of at least 4 members (excludes halogenated alkanes) is 2. The van der Waals surface area contributed by atoms with Crippen LogP contribution in [0, 0.1) is 6.92 Å². The standard InChI is InChI=1S/C13H19NO2/c1-11-6-5-7-12(10-11)13(16)14-8-3-2-4-9-15/h5-7,10,15H,2-4,8-9H2,1H3,(H,14,16). The van der Waals surface area contributed by atoms with E-state index >= 15 is 0 Å². The molecule has 0 radical (unpaired) electrons. The van der Waals surface area contributed by atoms with E-state index in [1.165, 1.54) is 0 Å². The summed E-state index contributed by atoms with van der Waals surface area (Å²) >= 11 is 0. The van der Waals surface area contributed by atoms with E-state index in [4.69, 9.17) is 5.11 Å². The Labute approximate surface area is 96.5 Å². The van der Waals surface area contributed by atoms with Gasteiger partial charge in [-0.25, -0.2) is 0 Å². The molecule has 0 atom stereocenters. The molecule has 0 saturated carbocycles. The number of amides is 1. The van der Waals surface area contributed by atoms with Gasteiger partial charge in [0.25, 0.3) is 5.91 Å². The summed E-state index contributed by atoms with van der Waals surface area (Å²) < 4.78 is 0. The van der Waals surface area contributed by atoms with Crippen LogP contribution in [0.15, 0.2) is 24.3 Å². The van der Waals surface area contributed by atoms with Gasteiger partial charge in [0.05, 0.1) is 0 Å². The summed E-state index contributed by atoms with van der Waals surface area (Å²) in [6.45, 7) is 2.87. The molecule has 3 heteroatoms. The Kier molecular flexibility index (Phi) is 5.57. The summed E-state index contributed by atoms with van der Waals surface area (Å²) in [6, 6.07) is 7.55. The summed E-state index contributed by atoms with van der Waals surface area (Å²) in [6.07, 6.45) is 2.67. The minimum absolute atomic E-state index is 0.0206. The van der Waals surface area contributed by atoms with Crippen molar-refractivity contribution in [2.45, 2.75) is 26.2 Å². The van der Waals surface area contributed by atoms with Crippen LogP contribution in [0.25, 0.3) is 0 Å². The molecular weight excluding hydrogens is 202 g/mol. The van der Waals surface area contributed by atoms with Crippen molar-refractivity contribution >= 4 is 5.91 Å². The molecule has 0 aliphatic carbocycles. The molecule has 0 heterocycles. The van der Waals surface area contributed by atoms with E-state index in [9.17, 15) is 4.79 Å². The molecule has 1 aromatic rings. The van der Waals surface area contributed by atoms with Crippen LogP contribution < -0.4 is 5.32 Å². The van der Waals surface area contributed by atoms with Gasteiger partial charge in [-0.3, -0.25) is 4.79 Å². The van der Waals surface area contributed by atoms with Crippen LogP contribution in [0.3, 0.4) is 0 Å². The number of aryl methyl sites for hydroxylation is 1. The zero-order chi connectivity index (χ0) is 11.8. The summed E-state index contributed by atoms with van der Waals surface area (Å²) in [7, 11) is 0. The smallest absolute Gasteiger partial charge is 0.251 e. The summed E-state index contributed by atoms with van der Waals surface area (Å²) in [5, 5.41) is 11.5. The Morgan fingerprint density at radius 2 is 2.12 bits per heavy atom. The normalized spacial score (nSPS) is 10.1. The molecule has 1 aromatic carbocycles. The Bertz CT molecular complexity index is 336. The third-order valence-electron chi connectivity index (χ3n) is 2.40. The summed E-state index contributed by atoms with van der Waals surface area (Å²) in [4.78, 5) is 11.7. The minimum Gasteiger partial charge on any atom is -0.396 e. The van der Waals surface area contributed by atoms with Crippen molar-refractivity contribution in [1.29, 1.82) is 0 Å². The number of rotatable bonds is 6. The lowest BCUT2D eigenvalue weighted by molar-refractivity contribution is 0.0953. The van der Waals surface area contributed by atoms with Gasteiger partial charge in [0.15, 0.2) is 0 Å². The molecule has 1 amide bonds.